The van der Waals surface area contributed by atoms with Gasteiger partial charge in [-0.15, -0.1) is 0 Å². The van der Waals surface area contributed by atoms with Crippen LogP contribution in [0, 0.1) is 17.2 Å². The minimum Gasteiger partial charge on any atom is -0.340 e. The maximum atomic E-state index is 13.4. The lowest BCUT2D eigenvalue weighted by Crippen LogP contribution is -2.52. The van der Waals surface area contributed by atoms with Crippen molar-refractivity contribution < 1.29 is 9.59 Å². The van der Waals surface area contributed by atoms with E-state index in [0.29, 0.717) is 24.2 Å². The van der Waals surface area contributed by atoms with E-state index in [1.807, 2.05) is 61.2 Å². The summed E-state index contributed by atoms with van der Waals surface area (Å²) in [7, 11) is 0. The van der Waals surface area contributed by atoms with Gasteiger partial charge in [-0.05, 0) is 42.2 Å². The fourth-order valence-corrected chi connectivity index (χ4v) is 3.99. The van der Waals surface area contributed by atoms with E-state index in [-0.39, 0.29) is 17.7 Å². The number of amides is 2. The van der Waals surface area contributed by atoms with Crippen LogP contribution >= 0.6 is 0 Å². The largest absolute Gasteiger partial charge is 0.340 e. The molecule has 0 bridgehead atoms. The third-order valence-corrected chi connectivity index (χ3v) is 6.19. The van der Waals surface area contributed by atoms with Crippen molar-refractivity contribution in [1.82, 2.24) is 15.1 Å². The summed E-state index contributed by atoms with van der Waals surface area (Å²) in [4.78, 5) is 30.4. The summed E-state index contributed by atoms with van der Waals surface area (Å²) in [5.41, 5.74) is 2.39. The quantitative estimate of drug-likeness (QED) is 0.727. The smallest absolute Gasteiger partial charge is 0.251 e. The Morgan fingerprint density at radius 3 is 2.41 bits per heavy atom. The van der Waals surface area contributed by atoms with Gasteiger partial charge in [-0.1, -0.05) is 50.6 Å². The molecule has 1 aliphatic rings. The van der Waals surface area contributed by atoms with Crippen molar-refractivity contribution in [1.29, 1.82) is 5.26 Å². The lowest BCUT2D eigenvalue weighted by Gasteiger charge is -2.30. The van der Waals surface area contributed by atoms with Crippen LogP contribution in [0.2, 0.25) is 0 Å². The van der Waals surface area contributed by atoms with Gasteiger partial charge in [0.15, 0.2) is 0 Å². The molecule has 1 heterocycles. The second kappa shape index (κ2) is 11.4. The summed E-state index contributed by atoms with van der Waals surface area (Å²) >= 11 is 0. The molecule has 2 aromatic carbocycles. The molecule has 2 amide bonds. The molecule has 3 rings (SSSR count). The van der Waals surface area contributed by atoms with Crippen LogP contribution in [0.3, 0.4) is 0 Å². The molecule has 0 saturated carbocycles. The van der Waals surface area contributed by atoms with E-state index in [9.17, 15) is 9.59 Å². The molecule has 1 saturated heterocycles. The molecule has 1 N–H and O–H groups in total. The SMILES string of the molecule is CCC(C)C(NC(=O)c1ccccc1)C(=O)N1CCCN(Cc2ccc(C#N)cc2)CC1. The summed E-state index contributed by atoms with van der Waals surface area (Å²) in [6.45, 7) is 7.89. The fraction of sp³-hybridized carbons (Fsp3) is 0.423. The molecule has 2 aromatic rings. The maximum Gasteiger partial charge on any atom is 0.251 e. The molecule has 168 valence electrons. The first-order valence-corrected chi connectivity index (χ1v) is 11.4. The van der Waals surface area contributed by atoms with Crippen LogP contribution in [0.4, 0.5) is 0 Å². The Kier molecular flexibility index (Phi) is 8.41. The van der Waals surface area contributed by atoms with Gasteiger partial charge in [0.2, 0.25) is 5.91 Å². The molecule has 32 heavy (non-hydrogen) atoms. The monoisotopic (exact) mass is 432 g/mol. The van der Waals surface area contributed by atoms with Crippen molar-refractivity contribution in [2.45, 2.75) is 39.3 Å². The van der Waals surface area contributed by atoms with E-state index >= 15 is 0 Å². The van der Waals surface area contributed by atoms with Crippen molar-refractivity contribution in [3.05, 3.63) is 71.3 Å². The lowest BCUT2D eigenvalue weighted by atomic mass is 9.97. The first kappa shape index (κ1) is 23.5. The molecule has 0 spiro atoms. The van der Waals surface area contributed by atoms with Gasteiger partial charge in [-0.3, -0.25) is 14.5 Å². The van der Waals surface area contributed by atoms with Crippen molar-refractivity contribution in [2.24, 2.45) is 5.92 Å². The highest BCUT2D eigenvalue weighted by atomic mass is 16.2. The van der Waals surface area contributed by atoms with Crippen molar-refractivity contribution in [3.63, 3.8) is 0 Å². The average molecular weight is 433 g/mol. The molecule has 0 aromatic heterocycles. The Hall–Kier alpha value is -3.17. The molecular weight excluding hydrogens is 400 g/mol. The molecule has 6 nitrogen and oxygen atoms in total. The predicted molar refractivity (Wildman–Crippen MR) is 125 cm³/mol. The second-order valence-corrected chi connectivity index (χ2v) is 8.47. The predicted octanol–water partition coefficient (Wildman–Crippen LogP) is 3.44. The van der Waals surface area contributed by atoms with Gasteiger partial charge in [0, 0.05) is 38.3 Å². The third kappa shape index (κ3) is 6.18. The summed E-state index contributed by atoms with van der Waals surface area (Å²) < 4.78 is 0. The van der Waals surface area contributed by atoms with Crippen LogP contribution in [0.5, 0.6) is 0 Å². The minimum absolute atomic E-state index is 0.00357. The van der Waals surface area contributed by atoms with Gasteiger partial charge >= 0.3 is 0 Å². The van der Waals surface area contributed by atoms with Crippen molar-refractivity contribution in [3.8, 4) is 6.07 Å². The van der Waals surface area contributed by atoms with E-state index in [2.05, 4.69) is 16.3 Å². The fourth-order valence-electron chi connectivity index (χ4n) is 3.99. The molecule has 6 heteroatoms. The Labute approximate surface area is 190 Å². The third-order valence-electron chi connectivity index (χ3n) is 6.19. The number of benzene rings is 2. The molecule has 2 unspecified atom stereocenters. The minimum atomic E-state index is -0.530. The van der Waals surface area contributed by atoms with E-state index in [1.165, 1.54) is 0 Å². The number of hydrogen-bond donors (Lipinski definition) is 1. The number of hydrogen-bond acceptors (Lipinski definition) is 4. The summed E-state index contributed by atoms with van der Waals surface area (Å²) in [6.07, 6.45) is 1.70. The van der Waals surface area contributed by atoms with Crippen LogP contribution < -0.4 is 5.32 Å². The van der Waals surface area contributed by atoms with Gasteiger partial charge in [-0.2, -0.15) is 5.26 Å². The maximum absolute atomic E-state index is 13.4. The van der Waals surface area contributed by atoms with Crippen LogP contribution in [-0.2, 0) is 11.3 Å². The van der Waals surface area contributed by atoms with Gasteiger partial charge in [0.05, 0.1) is 11.6 Å². The normalized spacial score (nSPS) is 16.5. The highest BCUT2D eigenvalue weighted by molar-refractivity contribution is 5.97. The van der Waals surface area contributed by atoms with Crippen LogP contribution in [0.25, 0.3) is 0 Å². The molecular formula is C26H32N4O2. The Morgan fingerprint density at radius 2 is 1.75 bits per heavy atom. The lowest BCUT2D eigenvalue weighted by molar-refractivity contribution is -0.134. The van der Waals surface area contributed by atoms with Crippen LogP contribution in [-0.4, -0.2) is 53.8 Å². The summed E-state index contributed by atoms with van der Waals surface area (Å²) in [5.74, 6) is -0.154. The highest BCUT2D eigenvalue weighted by Crippen LogP contribution is 2.15. The number of nitrogens with one attached hydrogen (secondary N) is 1. The second-order valence-electron chi connectivity index (χ2n) is 8.47. The first-order valence-electron chi connectivity index (χ1n) is 11.4. The Morgan fingerprint density at radius 1 is 1.03 bits per heavy atom. The highest BCUT2D eigenvalue weighted by Gasteiger charge is 2.31. The average Bonchev–Trinajstić information content (AvgIpc) is 3.08. The number of carbonyl (C=O) groups is 2. The number of carbonyl (C=O) groups excluding carboxylic acids is 2. The van der Waals surface area contributed by atoms with Gasteiger partial charge < -0.3 is 10.2 Å². The van der Waals surface area contributed by atoms with Crippen molar-refractivity contribution >= 4 is 11.8 Å². The molecule has 0 aliphatic carbocycles. The van der Waals surface area contributed by atoms with Crippen LogP contribution in [0.1, 0.15) is 48.2 Å². The Bertz CT molecular complexity index is 937. The molecule has 0 radical (unpaired) electrons. The molecule has 2 atom stereocenters. The summed E-state index contributed by atoms with van der Waals surface area (Å²) in [6, 6.07) is 18.3. The van der Waals surface area contributed by atoms with E-state index < -0.39 is 6.04 Å². The number of rotatable bonds is 7. The van der Waals surface area contributed by atoms with Crippen LogP contribution in [0.15, 0.2) is 54.6 Å². The zero-order chi connectivity index (χ0) is 22.9. The van der Waals surface area contributed by atoms with E-state index in [0.717, 1.165) is 38.0 Å². The number of nitrogens with zero attached hydrogens (tertiary/aromatic N) is 3. The standard InChI is InChI=1S/C26H32N4O2/c1-3-20(2)24(28-25(31)23-8-5-4-6-9-23)26(32)30-15-7-14-29(16-17-30)19-22-12-10-21(18-27)11-13-22/h4-6,8-13,20,24H,3,7,14-17,19H2,1-2H3,(H,28,31). The zero-order valence-corrected chi connectivity index (χ0v) is 19.0. The van der Waals surface area contributed by atoms with Gasteiger partial charge in [-0.25, -0.2) is 0 Å². The van der Waals surface area contributed by atoms with Gasteiger partial charge in [0.1, 0.15) is 6.04 Å². The van der Waals surface area contributed by atoms with E-state index in [4.69, 9.17) is 5.26 Å². The molecule has 1 fully saturated rings. The zero-order valence-electron chi connectivity index (χ0n) is 19.0. The topological polar surface area (TPSA) is 76.4 Å². The van der Waals surface area contributed by atoms with Crippen molar-refractivity contribution in [2.75, 3.05) is 26.2 Å². The van der Waals surface area contributed by atoms with Gasteiger partial charge in [0.25, 0.3) is 5.91 Å². The molecule has 1 aliphatic heterocycles. The van der Waals surface area contributed by atoms with E-state index in [1.54, 1.807) is 12.1 Å². The summed E-state index contributed by atoms with van der Waals surface area (Å²) in [5, 5.41) is 12.0. The number of nitriles is 1. The Balaban J connectivity index is 1.62. The first-order chi connectivity index (χ1) is 15.5.